The molecule has 7 nitrogen and oxygen atoms in total. The van der Waals surface area contributed by atoms with E-state index < -0.39 is 0 Å². The number of rotatable bonds is 5. The summed E-state index contributed by atoms with van der Waals surface area (Å²) in [5, 5.41) is 7.48. The molecule has 2 amide bonds. The van der Waals surface area contributed by atoms with Crippen LogP contribution in [-0.2, 0) is 4.79 Å². The summed E-state index contributed by atoms with van der Waals surface area (Å²) in [6.07, 6.45) is 0. The number of hydrogen-bond acceptors (Lipinski definition) is 6. The molecule has 0 saturated heterocycles. The summed E-state index contributed by atoms with van der Waals surface area (Å²) >= 11 is 1.59. The molecule has 0 atom stereocenters. The number of carbonyl (C=O) groups excluding carboxylic acids is 2. The quantitative estimate of drug-likeness (QED) is 0.469. The van der Waals surface area contributed by atoms with Crippen molar-refractivity contribution in [3.05, 3.63) is 63.7 Å². The van der Waals surface area contributed by atoms with E-state index in [9.17, 15) is 9.59 Å². The number of para-hydroxylation sites is 1. The Bertz CT molecular complexity index is 1320. The van der Waals surface area contributed by atoms with Crippen LogP contribution in [0, 0.1) is 27.7 Å². The number of nitrogens with zero attached hydrogens (tertiary/aromatic N) is 3. The molecule has 3 aromatic heterocycles. The predicted molar refractivity (Wildman–Crippen MR) is 126 cm³/mol. The van der Waals surface area contributed by atoms with E-state index in [2.05, 4.69) is 15.5 Å². The smallest absolute Gasteiger partial charge is 0.259 e. The van der Waals surface area contributed by atoms with Crippen molar-refractivity contribution < 1.29 is 14.1 Å². The molecule has 0 aliphatic heterocycles. The minimum Gasteiger partial charge on any atom is -0.335 e. The maximum atomic E-state index is 13.4. The first-order chi connectivity index (χ1) is 15.2. The molecule has 32 heavy (non-hydrogen) atoms. The van der Waals surface area contributed by atoms with Gasteiger partial charge in [0.2, 0.25) is 5.91 Å². The third-order valence-electron chi connectivity index (χ3n) is 5.31. The van der Waals surface area contributed by atoms with Crippen molar-refractivity contribution >= 4 is 39.9 Å². The summed E-state index contributed by atoms with van der Waals surface area (Å²) in [4.78, 5) is 34.1. The van der Waals surface area contributed by atoms with Gasteiger partial charge in [-0.05, 0) is 57.0 Å². The molecule has 1 N–H and O–H groups in total. The van der Waals surface area contributed by atoms with Gasteiger partial charge in [0, 0.05) is 17.6 Å². The molecule has 0 fully saturated rings. The number of aryl methyl sites for hydroxylation is 4. The van der Waals surface area contributed by atoms with Gasteiger partial charge in [-0.3, -0.25) is 9.59 Å². The molecule has 0 bridgehead atoms. The lowest BCUT2D eigenvalue weighted by molar-refractivity contribution is -0.116. The van der Waals surface area contributed by atoms with E-state index in [1.807, 2.05) is 51.1 Å². The van der Waals surface area contributed by atoms with Crippen LogP contribution in [0.4, 0.5) is 5.69 Å². The van der Waals surface area contributed by atoms with E-state index in [0.717, 1.165) is 26.6 Å². The largest absolute Gasteiger partial charge is 0.335 e. The fourth-order valence-electron chi connectivity index (χ4n) is 3.65. The highest BCUT2D eigenvalue weighted by Crippen LogP contribution is 2.31. The van der Waals surface area contributed by atoms with Crippen molar-refractivity contribution in [2.45, 2.75) is 27.7 Å². The highest BCUT2D eigenvalue weighted by molar-refractivity contribution is 7.15. The number of hydrogen-bond donors (Lipinski definition) is 1. The van der Waals surface area contributed by atoms with Crippen LogP contribution < -0.4 is 5.32 Å². The van der Waals surface area contributed by atoms with E-state index in [0.29, 0.717) is 28.1 Å². The van der Waals surface area contributed by atoms with Crippen LogP contribution in [0.2, 0.25) is 0 Å². The molecule has 0 saturated carbocycles. The topological polar surface area (TPSA) is 88.3 Å². The first kappa shape index (κ1) is 21.7. The monoisotopic (exact) mass is 448 g/mol. The minimum absolute atomic E-state index is 0.0891. The Labute approximate surface area is 190 Å². The maximum Gasteiger partial charge on any atom is 0.259 e. The number of thiophene rings is 1. The second-order valence-electron chi connectivity index (χ2n) is 7.89. The average Bonchev–Trinajstić information content (AvgIpc) is 3.35. The Morgan fingerprint density at radius 2 is 1.81 bits per heavy atom. The SMILES string of the molecule is Cc1ccc(-c2cc(C(=O)N(C)CC(=O)Nc3c(C)cccc3C)c3c(C)noc3n2)s1. The number of amides is 2. The molecule has 0 aliphatic rings. The van der Waals surface area contributed by atoms with Gasteiger partial charge in [0.05, 0.1) is 33.8 Å². The zero-order chi connectivity index (χ0) is 23.0. The Morgan fingerprint density at radius 1 is 1.09 bits per heavy atom. The Balaban J connectivity index is 1.62. The van der Waals surface area contributed by atoms with Crippen molar-refractivity contribution in [2.75, 3.05) is 18.9 Å². The Hall–Kier alpha value is -3.52. The molecule has 164 valence electrons. The molecule has 3 heterocycles. The zero-order valence-corrected chi connectivity index (χ0v) is 19.5. The van der Waals surface area contributed by atoms with Gasteiger partial charge in [0.15, 0.2) is 0 Å². The van der Waals surface area contributed by atoms with E-state index in [1.165, 1.54) is 4.90 Å². The van der Waals surface area contributed by atoms with Crippen LogP contribution in [0.25, 0.3) is 21.7 Å². The summed E-state index contributed by atoms with van der Waals surface area (Å²) in [6, 6.07) is 11.5. The summed E-state index contributed by atoms with van der Waals surface area (Å²) in [6.45, 7) is 7.57. The molecule has 1 aromatic carbocycles. The highest BCUT2D eigenvalue weighted by atomic mass is 32.1. The zero-order valence-electron chi connectivity index (χ0n) is 18.6. The van der Waals surface area contributed by atoms with Crippen LogP contribution in [0.3, 0.4) is 0 Å². The fourth-order valence-corrected chi connectivity index (χ4v) is 4.47. The molecule has 8 heteroatoms. The number of likely N-dealkylation sites (N-methyl/N-ethyl adjacent to an activating group) is 1. The maximum absolute atomic E-state index is 13.4. The molecule has 0 unspecified atom stereocenters. The highest BCUT2D eigenvalue weighted by Gasteiger charge is 2.23. The molecule has 0 spiro atoms. The normalized spacial score (nSPS) is 11.0. The number of benzene rings is 1. The van der Waals surface area contributed by atoms with Crippen LogP contribution in [0.15, 0.2) is 40.9 Å². The van der Waals surface area contributed by atoms with Gasteiger partial charge < -0.3 is 14.7 Å². The second kappa shape index (κ2) is 8.55. The van der Waals surface area contributed by atoms with Crippen molar-refractivity contribution in [3.63, 3.8) is 0 Å². The van der Waals surface area contributed by atoms with Crippen LogP contribution >= 0.6 is 11.3 Å². The van der Waals surface area contributed by atoms with Gasteiger partial charge in [-0.1, -0.05) is 23.4 Å². The molecule has 4 aromatic rings. The first-order valence-corrected chi connectivity index (χ1v) is 11.0. The van der Waals surface area contributed by atoms with E-state index in [4.69, 9.17) is 4.52 Å². The number of carbonyl (C=O) groups is 2. The van der Waals surface area contributed by atoms with Gasteiger partial charge in [-0.15, -0.1) is 11.3 Å². The Kier molecular flexibility index (Phi) is 5.80. The lowest BCUT2D eigenvalue weighted by atomic mass is 10.1. The van der Waals surface area contributed by atoms with Crippen molar-refractivity contribution in [2.24, 2.45) is 0 Å². The van der Waals surface area contributed by atoms with Crippen molar-refractivity contribution in [1.82, 2.24) is 15.0 Å². The number of anilines is 1. The number of pyridine rings is 1. The van der Waals surface area contributed by atoms with Gasteiger partial charge in [-0.2, -0.15) is 0 Å². The van der Waals surface area contributed by atoms with Gasteiger partial charge in [0.25, 0.3) is 11.6 Å². The van der Waals surface area contributed by atoms with Gasteiger partial charge in [-0.25, -0.2) is 4.98 Å². The molecule has 0 aliphatic carbocycles. The minimum atomic E-state index is -0.296. The lowest BCUT2D eigenvalue weighted by Gasteiger charge is -2.19. The van der Waals surface area contributed by atoms with E-state index in [1.54, 1.807) is 31.4 Å². The van der Waals surface area contributed by atoms with Crippen LogP contribution in [-0.4, -0.2) is 40.4 Å². The first-order valence-electron chi connectivity index (χ1n) is 10.2. The van der Waals surface area contributed by atoms with E-state index >= 15 is 0 Å². The van der Waals surface area contributed by atoms with Crippen molar-refractivity contribution in [1.29, 1.82) is 0 Å². The standard InChI is InChI=1S/C24H24N4O3S/c1-13-7-6-8-14(2)22(13)26-20(29)12-28(5)24(30)17-11-18(19-10-9-15(3)32-19)25-23-21(17)16(4)27-31-23/h6-11H,12H2,1-5H3,(H,26,29). The van der Waals surface area contributed by atoms with E-state index in [-0.39, 0.29) is 18.4 Å². The van der Waals surface area contributed by atoms with Crippen LogP contribution in [0.1, 0.15) is 32.1 Å². The average molecular weight is 449 g/mol. The van der Waals surface area contributed by atoms with Gasteiger partial charge in [0.1, 0.15) is 0 Å². The summed E-state index contributed by atoms with van der Waals surface area (Å²) in [5.41, 5.74) is 4.66. The lowest BCUT2D eigenvalue weighted by Crippen LogP contribution is -2.35. The summed E-state index contributed by atoms with van der Waals surface area (Å²) in [7, 11) is 1.61. The Morgan fingerprint density at radius 3 is 2.47 bits per heavy atom. The van der Waals surface area contributed by atoms with Crippen LogP contribution in [0.5, 0.6) is 0 Å². The van der Waals surface area contributed by atoms with Crippen molar-refractivity contribution in [3.8, 4) is 10.6 Å². The van der Waals surface area contributed by atoms with Gasteiger partial charge >= 0.3 is 0 Å². The molecular formula is C24H24N4O3S. The summed E-state index contributed by atoms with van der Waals surface area (Å²) in [5.74, 6) is -0.561. The number of fused-ring (bicyclic) bond motifs is 1. The summed E-state index contributed by atoms with van der Waals surface area (Å²) < 4.78 is 5.37. The third-order valence-corrected chi connectivity index (χ3v) is 6.34. The third kappa shape index (κ3) is 4.13. The predicted octanol–water partition coefficient (Wildman–Crippen LogP) is 4.90. The number of aromatic nitrogens is 2. The second-order valence-corrected chi connectivity index (χ2v) is 9.18. The molecule has 0 radical (unpaired) electrons. The number of nitrogens with one attached hydrogen (secondary N) is 1. The fraction of sp³-hybridized carbons (Fsp3) is 0.250. The molecule has 4 rings (SSSR count). The molecular weight excluding hydrogens is 424 g/mol.